The van der Waals surface area contributed by atoms with Crippen molar-refractivity contribution in [3.8, 4) is 11.5 Å². The second kappa shape index (κ2) is 19.2. The molecule has 2 unspecified atom stereocenters. The number of hydrogen-bond donors (Lipinski definition) is 0. The highest BCUT2D eigenvalue weighted by atomic mass is 16.6. The lowest BCUT2D eigenvalue weighted by Crippen LogP contribution is -2.30. The molecule has 348 valence electrons. The van der Waals surface area contributed by atoms with Crippen LogP contribution in [0.15, 0.2) is 24.3 Å². The lowest BCUT2D eigenvalue weighted by atomic mass is 9.67. The van der Waals surface area contributed by atoms with Gasteiger partial charge in [-0.25, -0.2) is 0 Å². The molecule has 0 N–H and O–H groups in total. The smallest absolute Gasteiger partial charge is 0.126 e. The fourth-order valence-corrected chi connectivity index (χ4v) is 11.0. The summed E-state index contributed by atoms with van der Waals surface area (Å²) in [5.41, 5.74) is 7.72. The van der Waals surface area contributed by atoms with Crippen LogP contribution < -0.4 is 9.47 Å². The van der Waals surface area contributed by atoms with Crippen LogP contribution in [0, 0.1) is 21.7 Å². The van der Waals surface area contributed by atoms with E-state index in [1.54, 1.807) is 0 Å². The van der Waals surface area contributed by atoms with Crippen LogP contribution in [0.5, 0.6) is 11.5 Å². The van der Waals surface area contributed by atoms with Gasteiger partial charge in [-0.05, 0) is 86.6 Å². The molecule has 0 radical (unpaired) electrons. The van der Waals surface area contributed by atoms with Crippen LogP contribution in [-0.2, 0) is 47.0 Å². The van der Waals surface area contributed by atoms with Gasteiger partial charge >= 0.3 is 0 Å². The maximum absolute atomic E-state index is 6.99. The van der Waals surface area contributed by atoms with Gasteiger partial charge in [0.15, 0.2) is 0 Å². The largest absolute Gasteiger partial charge is 0.491 e. The molecule has 4 rings (SSSR count). The first-order valence-corrected chi connectivity index (χ1v) is 23.7. The molecule has 2 aromatic carbocycles. The van der Waals surface area contributed by atoms with Crippen LogP contribution in [0.3, 0.4) is 0 Å². The summed E-state index contributed by atoms with van der Waals surface area (Å²) in [5.74, 6) is 2.08. The van der Waals surface area contributed by atoms with Crippen LogP contribution in [0.25, 0.3) is 0 Å². The molecular formula is C55H92O6. The molecule has 2 atom stereocenters. The van der Waals surface area contributed by atoms with Gasteiger partial charge < -0.3 is 28.4 Å². The maximum atomic E-state index is 6.99. The molecule has 0 bridgehead atoms. The molecule has 6 nitrogen and oxygen atoms in total. The molecule has 0 aliphatic carbocycles. The van der Waals surface area contributed by atoms with Gasteiger partial charge in [-0.2, -0.15) is 0 Å². The van der Waals surface area contributed by atoms with Gasteiger partial charge in [-0.1, -0.05) is 163 Å². The highest BCUT2D eigenvalue weighted by molar-refractivity contribution is 5.55. The molecular weight excluding hydrogens is 757 g/mol. The number of epoxide rings is 2. The van der Waals surface area contributed by atoms with Crippen molar-refractivity contribution in [3.05, 3.63) is 57.6 Å². The van der Waals surface area contributed by atoms with Gasteiger partial charge in [-0.15, -0.1) is 0 Å². The van der Waals surface area contributed by atoms with Crippen molar-refractivity contribution >= 4 is 0 Å². The van der Waals surface area contributed by atoms with Crippen molar-refractivity contribution in [1.82, 2.24) is 0 Å². The monoisotopic (exact) mass is 849 g/mol. The fourth-order valence-electron chi connectivity index (χ4n) is 11.0. The summed E-state index contributed by atoms with van der Waals surface area (Å²) < 4.78 is 36.8. The first kappa shape index (κ1) is 51.5. The summed E-state index contributed by atoms with van der Waals surface area (Å²) in [5, 5.41) is 0. The predicted octanol–water partition coefficient (Wildman–Crippen LogP) is 13.7. The van der Waals surface area contributed by atoms with Gasteiger partial charge in [0.1, 0.15) is 36.9 Å². The highest BCUT2D eigenvalue weighted by Gasteiger charge is 2.39. The van der Waals surface area contributed by atoms with Crippen LogP contribution in [0.4, 0.5) is 0 Å². The van der Waals surface area contributed by atoms with Gasteiger partial charge in [0.2, 0.25) is 0 Å². The summed E-state index contributed by atoms with van der Waals surface area (Å²) in [4.78, 5) is 0. The Balaban J connectivity index is 1.95. The topological polar surface area (TPSA) is 62.0 Å². The molecule has 61 heavy (non-hydrogen) atoms. The minimum atomic E-state index is -0.149. The van der Waals surface area contributed by atoms with E-state index in [2.05, 4.69) is 163 Å². The van der Waals surface area contributed by atoms with Crippen LogP contribution >= 0.6 is 0 Å². The van der Waals surface area contributed by atoms with E-state index in [-0.39, 0.29) is 55.5 Å². The van der Waals surface area contributed by atoms with Crippen molar-refractivity contribution < 1.29 is 28.4 Å². The molecule has 2 fully saturated rings. The Labute approximate surface area is 375 Å². The SMILES string of the molecule is CC(C)(C)CC(C)(C)c1cc(Cc2cc(C(C)(C)CC(C)(C)C)c(OCCOCC3CO3)c(C(C)(C)CC(C)(C)C)c2)cc(C(C)(C)CC(C)(C)C)c1OCCOCC1CO1. The first-order chi connectivity index (χ1) is 27.7. The molecule has 0 saturated carbocycles. The fraction of sp³-hybridized carbons (Fsp3) is 0.782. The molecule has 0 amide bonds. The average Bonchev–Trinajstić information content (AvgIpc) is 3.97. The summed E-state index contributed by atoms with van der Waals surface area (Å²) >= 11 is 0. The number of hydrogen-bond acceptors (Lipinski definition) is 6. The van der Waals surface area contributed by atoms with Crippen LogP contribution in [-0.4, -0.2) is 65.1 Å². The van der Waals surface area contributed by atoms with Crippen molar-refractivity contribution in [2.24, 2.45) is 21.7 Å². The van der Waals surface area contributed by atoms with E-state index < -0.39 is 0 Å². The zero-order chi connectivity index (χ0) is 46.0. The summed E-state index contributed by atoms with van der Waals surface area (Å²) in [7, 11) is 0. The Hall–Kier alpha value is -2.12. The van der Waals surface area contributed by atoms with Gasteiger partial charge in [0, 0.05) is 22.3 Å². The Morgan fingerprint density at radius 3 is 0.869 bits per heavy atom. The molecule has 2 aliphatic rings. The van der Waals surface area contributed by atoms with E-state index >= 15 is 0 Å². The normalized spacial score (nSPS) is 18.1. The van der Waals surface area contributed by atoms with E-state index in [9.17, 15) is 0 Å². The molecule has 0 spiro atoms. The first-order valence-electron chi connectivity index (χ1n) is 23.7. The molecule has 6 heteroatoms. The van der Waals surface area contributed by atoms with E-state index in [1.807, 2.05) is 0 Å². The Morgan fingerprint density at radius 2 is 0.656 bits per heavy atom. The molecule has 2 aliphatic heterocycles. The third-order valence-corrected chi connectivity index (χ3v) is 11.9. The maximum Gasteiger partial charge on any atom is 0.126 e. The lowest BCUT2D eigenvalue weighted by Gasteiger charge is -2.39. The van der Waals surface area contributed by atoms with Crippen molar-refractivity contribution in [2.75, 3.05) is 52.9 Å². The van der Waals surface area contributed by atoms with Crippen molar-refractivity contribution in [1.29, 1.82) is 0 Å². The third-order valence-electron chi connectivity index (χ3n) is 11.9. The number of rotatable bonds is 22. The van der Waals surface area contributed by atoms with E-state index in [0.717, 1.165) is 56.8 Å². The summed E-state index contributed by atoms with van der Waals surface area (Å²) in [6.45, 7) is 52.5. The predicted molar refractivity (Wildman–Crippen MR) is 256 cm³/mol. The summed E-state index contributed by atoms with van der Waals surface area (Å²) in [6.07, 6.45) is 5.38. The van der Waals surface area contributed by atoms with Crippen molar-refractivity contribution in [2.45, 2.75) is 204 Å². The summed E-state index contributed by atoms with van der Waals surface area (Å²) in [6, 6.07) is 9.95. The number of ether oxygens (including phenoxy) is 6. The molecule has 2 saturated heterocycles. The Kier molecular flexibility index (Phi) is 16.2. The molecule has 0 aromatic heterocycles. The second-order valence-electron chi connectivity index (χ2n) is 26.5. The Bertz CT molecular complexity index is 1500. The van der Waals surface area contributed by atoms with E-state index in [4.69, 9.17) is 28.4 Å². The minimum absolute atomic E-state index is 0.124. The Morgan fingerprint density at radius 1 is 0.410 bits per heavy atom. The van der Waals surface area contributed by atoms with Gasteiger partial charge in [0.05, 0.1) is 39.6 Å². The lowest BCUT2D eigenvalue weighted by molar-refractivity contribution is 0.0861. The van der Waals surface area contributed by atoms with Gasteiger partial charge in [-0.3, -0.25) is 0 Å². The zero-order valence-corrected chi connectivity index (χ0v) is 43.1. The van der Waals surface area contributed by atoms with E-state index in [1.165, 1.54) is 33.4 Å². The molecule has 2 aromatic rings. The highest BCUT2D eigenvalue weighted by Crippen LogP contribution is 2.50. The number of benzene rings is 2. The average molecular weight is 849 g/mol. The van der Waals surface area contributed by atoms with Crippen LogP contribution in [0.1, 0.15) is 198 Å². The van der Waals surface area contributed by atoms with Gasteiger partial charge in [0.25, 0.3) is 0 Å². The second-order valence-corrected chi connectivity index (χ2v) is 26.5. The van der Waals surface area contributed by atoms with Crippen molar-refractivity contribution in [3.63, 3.8) is 0 Å². The van der Waals surface area contributed by atoms with Crippen LogP contribution in [0.2, 0.25) is 0 Å². The standard InChI is InChI=1S/C55H92O6/c1-48(2,3)34-52(13,14)42-26-38(27-43(53(15,16)35-49(4,5)6)46(42)58-23-21-56-30-40-32-60-40)25-39-28-44(54(17,18)36-50(7,8)9)47(59-24-22-57-31-41-33-61-41)45(29-39)55(19,20)37-51(10,11)12/h26-29,40-41H,21-25,30-37H2,1-20H3. The third kappa shape index (κ3) is 16.7. The zero-order valence-electron chi connectivity index (χ0n) is 43.1. The molecule has 2 heterocycles. The quantitative estimate of drug-likeness (QED) is 0.0869. The minimum Gasteiger partial charge on any atom is -0.491 e. The van der Waals surface area contributed by atoms with E-state index in [0.29, 0.717) is 39.6 Å².